The largest absolute Gasteiger partial charge is 0.390 e. The molecule has 0 fully saturated rings. The van der Waals surface area contributed by atoms with Crippen LogP contribution in [0.4, 0.5) is 11.5 Å². The van der Waals surface area contributed by atoms with Crippen LogP contribution in [-0.2, 0) is 6.61 Å². The molecular formula is C15H17N3OS. The molecule has 3 rings (SSSR count). The van der Waals surface area contributed by atoms with Crippen LogP contribution in [0.15, 0.2) is 29.8 Å². The van der Waals surface area contributed by atoms with Crippen LogP contribution in [0.3, 0.4) is 0 Å². The maximum atomic E-state index is 9.65. The highest BCUT2D eigenvalue weighted by Crippen LogP contribution is 2.30. The van der Waals surface area contributed by atoms with Gasteiger partial charge < -0.3 is 10.0 Å². The number of aryl methyl sites for hydroxylation is 2. The third kappa shape index (κ3) is 2.09. The van der Waals surface area contributed by atoms with Gasteiger partial charge in [-0.25, -0.2) is 4.98 Å². The minimum absolute atomic E-state index is 0.0254. The third-order valence-electron chi connectivity index (χ3n) is 3.40. The van der Waals surface area contributed by atoms with Gasteiger partial charge in [-0.05, 0) is 37.1 Å². The van der Waals surface area contributed by atoms with Gasteiger partial charge in [0.15, 0.2) is 10.8 Å². The number of anilines is 2. The molecule has 1 N–H and O–H groups in total. The molecule has 2 heterocycles. The molecule has 0 bridgehead atoms. The van der Waals surface area contributed by atoms with Crippen molar-refractivity contribution in [3.63, 3.8) is 0 Å². The van der Waals surface area contributed by atoms with Crippen LogP contribution >= 0.6 is 11.3 Å². The lowest BCUT2D eigenvalue weighted by atomic mass is 10.1. The first-order valence-electron chi connectivity index (χ1n) is 6.47. The van der Waals surface area contributed by atoms with Crippen molar-refractivity contribution in [3.05, 3.63) is 46.6 Å². The van der Waals surface area contributed by atoms with Crippen LogP contribution in [0.5, 0.6) is 0 Å². The fourth-order valence-electron chi connectivity index (χ4n) is 2.50. The number of thiazole rings is 1. The highest BCUT2D eigenvalue weighted by Gasteiger charge is 2.17. The first kappa shape index (κ1) is 13.1. The minimum atomic E-state index is -0.0254. The van der Waals surface area contributed by atoms with Gasteiger partial charge >= 0.3 is 0 Å². The Hall–Kier alpha value is -1.85. The smallest absolute Gasteiger partial charge is 0.195 e. The van der Waals surface area contributed by atoms with Gasteiger partial charge in [-0.2, -0.15) is 0 Å². The fraction of sp³-hybridized carbons (Fsp3) is 0.267. The molecule has 104 valence electrons. The maximum Gasteiger partial charge on any atom is 0.195 e. The monoisotopic (exact) mass is 287 g/mol. The molecule has 0 unspecified atom stereocenters. The molecule has 0 radical (unpaired) electrons. The van der Waals surface area contributed by atoms with E-state index in [1.54, 1.807) is 11.3 Å². The SMILES string of the molecule is Cc1cc(C)cc(N(C)c2nc3sccn3c2CO)c1. The summed E-state index contributed by atoms with van der Waals surface area (Å²) in [6.07, 6.45) is 1.94. The Kier molecular flexibility index (Phi) is 3.23. The number of fused-ring (bicyclic) bond motifs is 1. The highest BCUT2D eigenvalue weighted by molar-refractivity contribution is 7.15. The number of aromatic nitrogens is 2. The number of imidazole rings is 1. The van der Waals surface area contributed by atoms with Gasteiger partial charge in [0.05, 0.1) is 12.3 Å². The van der Waals surface area contributed by atoms with E-state index in [-0.39, 0.29) is 6.61 Å². The lowest BCUT2D eigenvalue weighted by molar-refractivity contribution is 0.276. The first-order valence-corrected chi connectivity index (χ1v) is 7.35. The molecule has 0 amide bonds. The van der Waals surface area contributed by atoms with Crippen molar-refractivity contribution in [2.24, 2.45) is 0 Å². The lowest BCUT2D eigenvalue weighted by Gasteiger charge is -2.19. The molecule has 0 saturated heterocycles. The lowest BCUT2D eigenvalue weighted by Crippen LogP contribution is -2.12. The van der Waals surface area contributed by atoms with Gasteiger partial charge in [-0.1, -0.05) is 6.07 Å². The number of hydrogen-bond donors (Lipinski definition) is 1. The van der Waals surface area contributed by atoms with Gasteiger partial charge in [-0.3, -0.25) is 4.40 Å². The second-order valence-electron chi connectivity index (χ2n) is 5.00. The molecule has 5 heteroatoms. The van der Waals surface area contributed by atoms with Crippen LogP contribution in [0.25, 0.3) is 4.96 Å². The Labute approximate surface area is 121 Å². The van der Waals surface area contributed by atoms with E-state index >= 15 is 0 Å². The molecule has 0 aliphatic heterocycles. The number of aliphatic hydroxyl groups excluding tert-OH is 1. The average Bonchev–Trinajstić information content (AvgIpc) is 2.96. The van der Waals surface area contributed by atoms with Gasteiger partial charge in [0, 0.05) is 24.3 Å². The third-order valence-corrected chi connectivity index (χ3v) is 4.16. The van der Waals surface area contributed by atoms with Gasteiger partial charge in [0.2, 0.25) is 0 Å². The second kappa shape index (κ2) is 4.92. The normalized spacial score (nSPS) is 11.2. The molecule has 0 atom stereocenters. The summed E-state index contributed by atoms with van der Waals surface area (Å²) in [5, 5.41) is 11.6. The van der Waals surface area contributed by atoms with E-state index in [4.69, 9.17) is 0 Å². The fourth-order valence-corrected chi connectivity index (χ4v) is 3.23. The van der Waals surface area contributed by atoms with Crippen molar-refractivity contribution in [1.29, 1.82) is 0 Å². The summed E-state index contributed by atoms with van der Waals surface area (Å²) in [6, 6.07) is 6.40. The van der Waals surface area contributed by atoms with Crippen molar-refractivity contribution in [1.82, 2.24) is 9.38 Å². The van der Waals surface area contributed by atoms with E-state index in [1.807, 2.05) is 27.9 Å². The zero-order valence-electron chi connectivity index (χ0n) is 11.8. The van der Waals surface area contributed by atoms with E-state index in [0.717, 1.165) is 22.2 Å². The summed E-state index contributed by atoms with van der Waals surface area (Å²) in [4.78, 5) is 7.56. The predicted molar refractivity (Wildman–Crippen MR) is 83.0 cm³/mol. The summed E-state index contributed by atoms with van der Waals surface area (Å²) in [5.41, 5.74) is 4.35. The molecule has 0 saturated carbocycles. The minimum Gasteiger partial charge on any atom is -0.390 e. The van der Waals surface area contributed by atoms with Gasteiger partial charge in [0.1, 0.15) is 0 Å². The summed E-state index contributed by atoms with van der Waals surface area (Å²) < 4.78 is 1.94. The van der Waals surface area contributed by atoms with Gasteiger partial charge in [-0.15, -0.1) is 11.3 Å². The molecule has 0 aliphatic carbocycles. The van der Waals surface area contributed by atoms with E-state index in [1.165, 1.54) is 11.1 Å². The van der Waals surface area contributed by atoms with Gasteiger partial charge in [0.25, 0.3) is 0 Å². The Morgan fingerprint density at radius 1 is 1.25 bits per heavy atom. The van der Waals surface area contributed by atoms with Crippen LogP contribution in [-0.4, -0.2) is 21.5 Å². The van der Waals surface area contributed by atoms with Crippen molar-refractivity contribution in [2.75, 3.05) is 11.9 Å². The van der Waals surface area contributed by atoms with Crippen molar-refractivity contribution >= 4 is 27.8 Å². The van der Waals surface area contributed by atoms with Crippen molar-refractivity contribution < 1.29 is 5.11 Å². The topological polar surface area (TPSA) is 40.8 Å². The van der Waals surface area contributed by atoms with E-state index < -0.39 is 0 Å². The quantitative estimate of drug-likeness (QED) is 0.803. The van der Waals surface area contributed by atoms with Crippen LogP contribution in [0.1, 0.15) is 16.8 Å². The van der Waals surface area contributed by atoms with Crippen LogP contribution in [0, 0.1) is 13.8 Å². The Balaban J connectivity index is 2.11. The van der Waals surface area contributed by atoms with Crippen molar-refractivity contribution in [2.45, 2.75) is 20.5 Å². The molecule has 4 nitrogen and oxygen atoms in total. The second-order valence-corrected chi connectivity index (χ2v) is 5.87. The van der Waals surface area contributed by atoms with E-state index in [2.05, 4.69) is 37.0 Å². The Bertz CT molecular complexity index is 739. The predicted octanol–water partition coefficient (Wildman–Crippen LogP) is 3.27. The Morgan fingerprint density at radius 2 is 1.95 bits per heavy atom. The summed E-state index contributed by atoms with van der Waals surface area (Å²) in [5.74, 6) is 0.810. The molecule has 2 aromatic heterocycles. The van der Waals surface area contributed by atoms with E-state index in [0.29, 0.717) is 0 Å². The molecule has 0 aliphatic rings. The highest BCUT2D eigenvalue weighted by atomic mass is 32.1. The number of rotatable bonds is 3. The van der Waals surface area contributed by atoms with Crippen molar-refractivity contribution in [3.8, 4) is 0 Å². The molecule has 1 aromatic carbocycles. The first-order chi connectivity index (χ1) is 9.60. The number of hydrogen-bond acceptors (Lipinski definition) is 4. The summed E-state index contributed by atoms with van der Waals surface area (Å²) in [6.45, 7) is 4.15. The average molecular weight is 287 g/mol. The Morgan fingerprint density at radius 3 is 2.60 bits per heavy atom. The molecule has 0 spiro atoms. The van der Waals surface area contributed by atoms with E-state index in [9.17, 15) is 5.11 Å². The summed E-state index contributed by atoms with van der Waals surface area (Å²) >= 11 is 1.57. The maximum absolute atomic E-state index is 9.65. The summed E-state index contributed by atoms with van der Waals surface area (Å²) in [7, 11) is 1.99. The van der Waals surface area contributed by atoms with Crippen LogP contribution in [0.2, 0.25) is 0 Å². The number of nitrogens with zero attached hydrogens (tertiary/aromatic N) is 3. The standard InChI is InChI=1S/C15H17N3OS/c1-10-6-11(2)8-12(7-10)17(3)14-13(9-19)18-4-5-20-15(18)16-14/h4-8,19H,9H2,1-3H3. The number of aliphatic hydroxyl groups is 1. The number of benzene rings is 1. The zero-order chi connectivity index (χ0) is 14.3. The molecule has 20 heavy (non-hydrogen) atoms. The molecule has 3 aromatic rings. The molecular weight excluding hydrogens is 270 g/mol. The van der Waals surface area contributed by atoms with Crippen LogP contribution < -0.4 is 4.90 Å². The zero-order valence-corrected chi connectivity index (χ0v) is 12.6.